The molecule has 1 saturated heterocycles. The minimum Gasteiger partial charge on any atom is -0.495 e. The van der Waals surface area contributed by atoms with Gasteiger partial charge in [-0.1, -0.05) is 17.3 Å². The number of ether oxygens (including phenoxy) is 1. The van der Waals surface area contributed by atoms with Crippen molar-refractivity contribution in [3.05, 3.63) is 54.7 Å². The van der Waals surface area contributed by atoms with Gasteiger partial charge in [0.15, 0.2) is 0 Å². The summed E-state index contributed by atoms with van der Waals surface area (Å²) in [5.41, 5.74) is 1.49. The fourth-order valence-corrected chi connectivity index (χ4v) is 2.76. The first-order chi connectivity index (χ1) is 12.7. The SMILES string of the molecule is COc1ccccc1NC(=O)N1CC(c2nc(-c3ccncc3)no2)C1. The zero-order valence-electron chi connectivity index (χ0n) is 14.1. The number of nitrogens with one attached hydrogen (secondary N) is 1. The van der Waals surface area contributed by atoms with E-state index in [9.17, 15) is 4.79 Å². The molecule has 2 aromatic heterocycles. The number of carbonyl (C=O) groups is 1. The molecule has 26 heavy (non-hydrogen) atoms. The topological polar surface area (TPSA) is 93.4 Å². The molecule has 8 heteroatoms. The molecule has 1 N–H and O–H groups in total. The fourth-order valence-electron chi connectivity index (χ4n) is 2.76. The van der Waals surface area contributed by atoms with E-state index in [1.54, 1.807) is 36.5 Å². The Morgan fingerprint density at radius 1 is 1.23 bits per heavy atom. The third-order valence-corrected chi connectivity index (χ3v) is 4.25. The lowest BCUT2D eigenvalue weighted by atomic mass is 10.0. The highest BCUT2D eigenvalue weighted by Crippen LogP contribution is 2.29. The van der Waals surface area contributed by atoms with E-state index < -0.39 is 0 Å². The van der Waals surface area contributed by atoms with Crippen molar-refractivity contribution < 1.29 is 14.1 Å². The molecule has 1 aliphatic rings. The zero-order chi connectivity index (χ0) is 17.9. The Balaban J connectivity index is 1.37. The van der Waals surface area contributed by atoms with Gasteiger partial charge >= 0.3 is 6.03 Å². The van der Waals surface area contributed by atoms with Crippen molar-refractivity contribution in [2.45, 2.75) is 5.92 Å². The molecule has 4 rings (SSSR count). The van der Waals surface area contributed by atoms with E-state index in [0.717, 1.165) is 5.56 Å². The number of rotatable bonds is 4. The first-order valence-electron chi connectivity index (χ1n) is 8.17. The number of urea groups is 1. The second-order valence-corrected chi connectivity index (χ2v) is 5.92. The van der Waals surface area contributed by atoms with Gasteiger partial charge in [0.05, 0.1) is 18.7 Å². The molecule has 132 valence electrons. The van der Waals surface area contributed by atoms with E-state index in [1.807, 2.05) is 24.3 Å². The van der Waals surface area contributed by atoms with Gasteiger partial charge in [-0.3, -0.25) is 4.98 Å². The number of likely N-dealkylation sites (tertiary alicyclic amines) is 1. The van der Waals surface area contributed by atoms with Crippen LogP contribution in [0.25, 0.3) is 11.4 Å². The van der Waals surface area contributed by atoms with Crippen LogP contribution in [0, 0.1) is 0 Å². The van der Waals surface area contributed by atoms with Crippen LogP contribution < -0.4 is 10.1 Å². The van der Waals surface area contributed by atoms with Crippen LogP contribution in [0.1, 0.15) is 11.8 Å². The predicted molar refractivity (Wildman–Crippen MR) is 93.9 cm³/mol. The lowest BCUT2D eigenvalue weighted by molar-refractivity contribution is 0.147. The lowest BCUT2D eigenvalue weighted by Crippen LogP contribution is -2.50. The molecule has 0 unspecified atom stereocenters. The fraction of sp³-hybridized carbons (Fsp3) is 0.222. The van der Waals surface area contributed by atoms with E-state index in [-0.39, 0.29) is 11.9 Å². The summed E-state index contributed by atoms with van der Waals surface area (Å²) >= 11 is 0. The average molecular weight is 351 g/mol. The van der Waals surface area contributed by atoms with Crippen molar-refractivity contribution in [2.75, 3.05) is 25.5 Å². The maximum atomic E-state index is 12.4. The quantitative estimate of drug-likeness (QED) is 0.777. The third kappa shape index (κ3) is 3.08. The molecule has 0 bridgehead atoms. The van der Waals surface area contributed by atoms with Crippen molar-refractivity contribution >= 4 is 11.7 Å². The molecule has 3 aromatic rings. The highest BCUT2D eigenvalue weighted by molar-refractivity contribution is 5.91. The smallest absolute Gasteiger partial charge is 0.321 e. The molecule has 1 aliphatic heterocycles. The molecule has 0 radical (unpaired) electrons. The highest BCUT2D eigenvalue weighted by Gasteiger charge is 2.36. The Kier molecular flexibility index (Phi) is 4.22. The van der Waals surface area contributed by atoms with Crippen LogP contribution >= 0.6 is 0 Å². The Morgan fingerprint density at radius 3 is 2.77 bits per heavy atom. The van der Waals surface area contributed by atoms with E-state index >= 15 is 0 Å². The van der Waals surface area contributed by atoms with Gasteiger partial charge in [-0.05, 0) is 24.3 Å². The number of amides is 2. The number of aromatic nitrogens is 3. The van der Waals surface area contributed by atoms with Crippen molar-refractivity contribution in [3.8, 4) is 17.1 Å². The summed E-state index contributed by atoms with van der Waals surface area (Å²) in [5, 5.41) is 6.86. The number of nitrogens with zero attached hydrogens (tertiary/aromatic N) is 4. The van der Waals surface area contributed by atoms with Crippen LogP contribution in [-0.4, -0.2) is 46.3 Å². The molecular weight excluding hydrogens is 334 g/mol. The number of para-hydroxylation sites is 2. The molecule has 0 saturated carbocycles. The van der Waals surface area contributed by atoms with Crippen molar-refractivity contribution in [2.24, 2.45) is 0 Å². The van der Waals surface area contributed by atoms with Gasteiger partial charge in [-0.25, -0.2) is 4.79 Å². The molecule has 1 fully saturated rings. The van der Waals surface area contributed by atoms with E-state index in [1.165, 1.54) is 0 Å². The van der Waals surface area contributed by atoms with Gasteiger partial charge in [0.2, 0.25) is 11.7 Å². The van der Waals surface area contributed by atoms with Crippen LogP contribution in [0.15, 0.2) is 53.3 Å². The van der Waals surface area contributed by atoms with Gasteiger partial charge in [-0.2, -0.15) is 4.98 Å². The van der Waals surface area contributed by atoms with E-state index in [0.29, 0.717) is 36.2 Å². The third-order valence-electron chi connectivity index (χ3n) is 4.25. The summed E-state index contributed by atoms with van der Waals surface area (Å²) in [6, 6.07) is 10.8. The summed E-state index contributed by atoms with van der Waals surface area (Å²) < 4.78 is 10.6. The predicted octanol–water partition coefficient (Wildman–Crippen LogP) is 2.77. The summed E-state index contributed by atoms with van der Waals surface area (Å²) in [4.78, 5) is 22.4. The summed E-state index contributed by atoms with van der Waals surface area (Å²) in [5.74, 6) is 1.73. The second-order valence-electron chi connectivity index (χ2n) is 5.92. The maximum Gasteiger partial charge on any atom is 0.321 e. The average Bonchev–Trinajstić information content (AvgIpc) is 3.11. The van der Waals surface area contributed by atoms with Crippen molar-refractivity contribution in [1.82, 2.24) is 20.0 Å². The van der Waals surface area contributed by atoms with Gasteiger partial charge in [-0.15, -0.1) is 0 Å². The van der Waals surface area contributed by atoms with Gasteiger partial charge in [0.25, 0.3) is 0 Å². The first-order valence-corrected chi connectivity index (χ1v) is 8.17. The minimum absolute atomic E-state index is 0.0431. The molecule has 2 amide bonds. The Morgan fingerprint density at radius 2 is 2.00 bits per heavy atom. The molecule has 1 aromatic carbocycles. The summed E-state index contributed by atoms with van der Waals surface area (Å²) in [7, 11) is 1.57. The van der Waals surface area contributed by atoms with Crippen LogP contribution in [0.2, 0.25) is 0 Å². The number of hydrogen-bond donors (Lipinski definition) is 1. The monoisotopic (exact) mass is 351 g/mol. The van der Waals surface area contributed by atoms with E-state index in [2.05, 4.69) is 20.4 Å². The van der Waals surface area contributed by atoms with Gasteiger partial charge < -0.3 is 19.5 Å². The molecule has 0 atom stereocenters. The lowest BCUT2D eigenvalue weighted by Gasteiger charge is -2.36. The number of methoxy groups -OCH3 is 1. The van der Waals surface area contributed by atoms with E-state index in [4.69, 9.17) is 9.26 Å². The zero-order valence-corrected chi connectivity index (χ0v) is 14.1. The van der Waals surface area contributed by atoms with Gasteiger partial charge in [0.1, 0.15) is 5.75 Å². The minimum atomic E-state index is -0.181. The Labute approximate surface area is 149 Å². The molecule has 0 spiro atoms. The number of pyridine rings is 1. The highest BCUT2D eigenvalue weighted by atomic mass is 16.5. The van der Waals surface area contributed by atoms with Gasteiger partial charge in [0, 0.05) is 31.0 Å². The van der Waals surface area contributed by atoms with Crippen LogP contribution in [0.4, 0.5) is 10.5 Å². The Bertz CT molecular complexity index is 906. The Hall–Kier alpha value is -3.42. The van der Waals surface area contributed by atoms with Crippen molar-refractivity contribution in [1.29, 1.82) is 0 Å². The standard InChI is InChI=1S/C18H17N5O3/c1-25-15-5-3-2-4-14(15)20-18(24)23-10-13(11-23)17-21-16(22-26-17)12-6-8-19-9-7-12/h2-9,13H,10-11H2,1H3,(H,20,24). The second kappa shape index (κ2) is 6.83. The summed E-state index contributed by atoms with van der Waals surface area (Å²) in [6.07, 6.45) is 3.36. The number of carbonyl (C=O) groups excluding carboxylic acids is 1. The molecular formula is C18H17N5O3. The number of anilines is 1. The summed E-state index contributed by atoms with van der Waals surface area (Å²) in [6.45, 7) is 1.05. The normalized spacial score (nSPS) is 14.0. The van der Waals surface area contributed by atoms with Crippen molar-refractivity contribution in [3.63, 3.8) is 0 Å². The van der Waals surface area contributed by atoms with Crippen LogP contribution in [-0.2, 0) is 0 Å². The van der Waals surface area contributed by atoms with Crippen LogP contribution in [0.3, 0.4) is 0 Å². The first kappa shape index (κ1) is 16.1. The maximum absolute atomic E-state index is 12.4. The molecule has 8 nitrogen and oxygen atoms in total. The number of benzene rings is 1. The number of hydrogen-bond acceptors (Lipinski definition) is 6. The molecule has 3 heterocycles. The largest absolute Gasteiger partial charge is 0.495 e. The van der Waals surface area contributed by atoms with Crippen LogP contribution in [0.5, 0.6) is 5.75 Å². The molecule has 0 aliphatic carbocycles.